The van der Waals surface area contributed by atoms with Crippen molar-refractivity contribution in [2.45, 2.75) is 26.2 Å². The molecule has 0 aliphatic heterocycles. The van der Waals surface area contributed by atoms with E-state index in [1.165, 1.54) is 5.56 Å². The molecule has 2 aromatic carbocycles. The highest BCUT2D eigenvalue weighted by Crippen LogP contribution is 2.27. The standard InChI is InChI=1S/C21H27NO4/c1-4-5-16-6-9-18(10-7-16)26-13-12-22-21(23)15-17-8-11-19(24-2)20(14-17)25-3/h6-11,14H,4-5,12-13,15H2,1-3H3,(H,22,23). The number of rotatable bonds is 10. The van der Waals surface area contributed by atoms with Gasteiger partial charge in [-0.3, -0.25) is 4.79 Å². The van der Waals surface area contributed by atoms with Gasteiger partial charge >= 0.3 is 0 Å². The molecule has 2 aromatic rings. The summed E-state index contributed by atoms with van der Waals surface area (Å²) in [6, 6.07) is 13.6. The molecule has 26 heavy (non-hydrogen) atoms. The van der Waals surface area contributed by atoms with E-state index in [2.05, 4.69) is 24.4 Å². The maximum Gasteiger partial charge on any atom is 0.224 e. The van der Waals surface area contributed by atoms with E-state index in [9.17, 15) is 4.79 Å². The van der Waals surface area contributed by atoms with Gasteiger partial charge in [-0.1, -0.05) is 31.5 Å². The highest BCUT2D eigenvalue weighted by Gasteiger charge is 2.08. The second-order valence-electron chi connectivity index (χ2n) is 5.96. The molecule has 0 spiro atoms. The number of hydrogen-bond donors (Lipinski definition) is 1. The lowest BCUT2D eigenvalue weighted by Crippen LogP contribution is -2.29. The number of amides is 1. The Morgan fingerprint density at radius 2 is 1.65 bits per heavy atom. The van der Waals surface area contributed by atoms with Crippen molar-refractivity contribution < 1.29 is 19.0 Å². The molecule has 0 fully saturated rings. The van der Waals surface area contributed by atoms with Crippen LogP contribution < -0.4 is 19.5 Å². The van der Waals surface area contributed by atoms with E-state index in [1.54, 1.807) is 20.3 Å². The molecule has 1 amide bonds. The predicted octanol–water partition coefficient (Wildman–Crippen LogP) is 3.39. The van der Waals surface area contributed by atoms with Crippen molar-refractivity contribution in [3.8, 4) is 17.2 Å². The molecule has 0 saturated heterocycles. The Balaban J connectivity index is 1.73. The summed E-state index contributed by atoms with van der Waals surface area (Å²) in [7, 11) is 3.16. The third-order valence-corrected chi connectivity index (χ3v) is 3.97. The molecule has 0 bridgehead atoms. The monoisotopic (exact) mass is 357 g/mol. The first-order chi connectivity index (χ1) is 12.7. The zero-order valence-electron chi connectivity index (χ0n) is 15.7. The van der Waals surface area contributed by atoms with Crippen molar-refractivity contribution in [2.24, 2.45) is 0 Å². The van der Waals surface area contributed by atoms with Crippen LogP contribution >= 0.6 is 0 Å². The van der Waals surface area contributed by atoms with Crippen molar-refractivity contribution in [1.82, 2.24) is 5.32 Å². The third kappa shape index (κ3) is 5.99. The van der Waals surface area contributed by atoms with E-state index in [-0.39, 0.29) is 12.3 Å². The van der Waals surface area contributed by atoms with Crippen molar-refractivity contribution in [1.29, 1.82) is 0 Å². The molecule has 140 valence electrons. The number of carbonyl (C=O) groups excluding carboxylic acids is 1. The van der Waals surface area contributed by atoms with Gasteiger partial charge in [-0.25, -0.2) is 0 Å². The molecular formula is C21H27NO4. The molecule has 2 rings (SSSR count). The molecule has 5 heteroatoms. The van der Waals surface area contributed by atoms with Gasteiger partial charge in [0.15, 0.2) is 11.5 Å². The Kier molecular flexibility index (Phi) is 7.80. The van der Waals surface area contributed by atoms with Crippen LogP contribution in [0.25, 0.3) is 0 Å². The Morgan fingerprint density at radius 1 is 0.962 bits per heavy atom. The van der Waals surface area contributed by atoms with Crippen LogP contribution in [0, 0.1) is 0 Å². The average Bonchev–Trinajstić information content (AvgIpc) is 2.66. The summed E-state index contributed by atoms with van der Waals surface area (Å²) < 4.78 is 16.1. The highest BCUT2D eigenvalue weighted by molar-refractivity contribution is 5.78. The van der Waals surface area contributed by atoms with Crippen LogP contribution in [0.5, 0.6) is 17.2 Å². The minimum Gasteiger partial charge on any atom is -0.493 e. The molecule has 0 heterocycles. The quantitative estimate of drug-likeness (QED) is 0.662. The number of hydrogen-bond acceptors (Lipinski definition) is 4. The van der Waals surface area contributed by atoms with Gasteiger partial charge in [-0.2, -0.15) is 0 Å². The first-order valence-electron chi connectivity index (χ1n) is 8.85. The van der Waals surface area contributed by atoms with E-state index in [4.69, 9.17) is 14.2 Å². The Morgan fingerprint density at radius 3 is 2.31 bits per heavy atom. The van der Waals surface area contributed by atoms with E-state index in [1.807, 2.05) is 24.3 Å². The van der Waals surface area contributed by atoms with Gasteiger partial charge in [0.2, 0.25) is 5.91 Å². The largest absolute Gasteiger partial charge is 0.493 e. The van der Waals surface area contributed by atoms with Gasteiger partial charge in [0.05, 0.1) is 27.2 Å². The molecule has 0 aliphatic rings. The van der Waals surface area contributed by atoms with Crippen molar-refractivity contribution >= 4 is 5.91 Å². The Labute approximate surface area is 155 Å². The number of methoxy groups -OCH3 is 2. The lowest BCUT2D eigenvalue weighted by molar-refractivity contribution is -0.120. The minimum atomic E-state index is -0.0564. The summed E-state index contributed by atoms with van der Waals surface area (Å²) in [6.45, 7) is 3.06. The fourth-order valence-electron chi connectivity index (χ4n) is 2.64. The summed E-state index contributed by atoms with van der Waals surface area (Å²) in [5.41, 5.74) is 2.18. The summed E-state index contributed by atoms with van der Waals surface area (Å²) in [6.07, 6.45) is 2.49. The normalized spacial score (nSPS) is 10.3. The molecular weight excluding hydrogens is 330 g/mol. The van der Waals surface area contributed by atoms with Gasteiger partial charge in [-0.15, -0.1) is 0 Å². The van der Waals surface area contributed by atoms with E-state index < -0.39 is 0 Å². The fourth-order valence-corrected chi connectivity index (χ4v) is 2.64. The maximum atomic E-state index is 12.1. The number of carbonyl (C=O) groups is 1. The second-order valence-corrected chi connectivity index (χ2v) is 5.96. The fraction of sp³-hybridized carbons (Fsp3) is 0.381. The third-order valence-electron chi connectivity index (χ3n) is 3.97. The first-order valence-corrected chi connectivity index (χ1v) is 8.85. The van der Waals surface area contributed by atoms with Crippen LogP contribution in [0.2, 0.25) is 0 Å². The maximum absolute atomic E-state index is 12.1. The molecule has 0 atom stereocenters. The van der Waals surface area contributed by atoms with Gasteiger partial charge in [-0.05, 0) is 41.8 Å². The van der Waals surface area contributed by atoms with Crippen LogP contribution in [-0.4, -0.2) is 33.3 Å². The SMILES string of the molecule is CCCc1ccc(OCCNC(=O)Cc2ccc(OC)c(OC)c2)cc1. The van der Waals surface area contributed by atoms with Crippen LogP contribution in [0.3, 0.4) is 0 Å². The van der Waals surface area contributed by atoms with Crippen molar-refractivity contribution in [3.63, 3.8) is 0 Å². The van der Waals surface area contributed by atoms with Gasteiger partial charge in [0.25, 0.3) is 0 Å². The zero-order valence-corrected chi connectivity index (χ0v) is 15.7. The average molecular weight is 357 g/mol. The van der Waals surface area contributed by atoms with E-state index >= 15 is 0 Å². The highest BCUT2D eigenvalue weighted by atomic mass is 16.5. The number of benzene rings is 2. The van der Waals surface area contributed by atoms with E-state index in [0.29, 0.717) is 24.7 Å². The topological polar surface area (TPSA) is 56.8 Å². The van der Waals surface area contributed by atoms with E-state index in [0.717, 1.165) is 24.2 Å². The zero-order chi connectivity index (χ0) is 18.8. The summed E-state index contributed by atoms with van der Waals surface area (Å²) >= 11 is 0. The Hall–Kier alpha value is -2.69. The van der Waals surface area contributed by atoms with Crippen LogP contribution in [0.4, 0.5) is 0 Å². The smallest absolute Gasteiger partial charge is 0.224 e. The second kappa shape index (κ2) is 10.3. The summed E-state index contributed by atoms with van der Waals surface area (Å²) in [5, 5.41) is 2.86. The van der Waals surface area contributed by atoms with Gasteiger partial charge in [0, 0.05) is 0 Å². The molecule has 1 N–H and O–H groups in total. The summed E-state index contributed by atoms with van der Waals surface area (Å²) in [5.74, 6) is 2.03. The van der Waals surface area contributed by atoms with Crippen LogP contribution in [-0.2, 0) is 17.6 Å². The first kappa shape index (κ1) is 19.6. The Bertz CT molecular complexity index is 698. The molecule has 0 saturated carbocycles. The number of aryl methyl sites for hydroxylation is 1. The lowest BCUT2D eigenvalue weighted by Gasteiger charge is -2.10. The molecule has 0 aromatic heterocycles. The predicted molar refractivity (Wildman–Crippen MR) is 102 cm³/mol. The summed E-state index contributed by atoms with van der Waals surface area (Å²) in [4.78, 5) is 12.1. The van der Waals surface area contributed by atoms with Crippen LogP contribution in [0.1, 0.15) is 24.5 Å². The molecule has 0 aliphatic carbocycles. The lowest BCUT2D eigenvalue weighted by atomic mass is 10.1. The van der Waals surface area contributed by atoms with Crippen molar-refractivity contribution in [2.75, 3.05) is 27.4 Å². The van der Waals surface area contributed by atoms with Crippen LogP contribution in [0.15, 0.2) is 42.5 Å². The molecule has 5 nitrogen and oxygen atoms in total. The number of nitrogens with one attached hydrogen (secondary N) is 1. The minimum absolute atomic E-state index is 0.0564. The number of ether oxygens (including phenoxy) is 3. The van der Waals surface area contributed by atoms with Gasteiger partial charge < -0.3 is 19.5 Å². The molecule has 0 unspecified atom stereocenters. The van der Waals surface area contributed by atoms with Crippen molar-refractivity contribution in [3.05, 3.63) is 53.6 Å². The van der Waals surface area contributed by atoms with Gasteiger partial charge in [0.1, 0.15) is 12.4 Å². The molecule has 0 radical (unpaired) electrons.